The molecular formula is C10H13NS2. The van der Waals surface area contributed by atoms with Gasteiger partial charge in [-0.2, -0.15) is 0 Å². The summed E-state index contributed by atoms with van der Waals surface area (Å²) in [6.45, 7) is 2.17. The molecule has 0 aliphatic rings. The van der Waals surface area contributed by atoms with Crippen molar-refractivity contribution in [2.45, 2.75) is 31.2 Å². The molecule has 1 rings (SSSR count). The molecule has 1 aromatic rings. The van der Waals surface area contributed by atoms with Crippen molar-refractivity contribution >= 4 is 28.2 Å². The van der Waals surface area contributed by atoms with Crippen LogP contribution in [-0.4, -0.2) is 9.18 Å². The monoisotopic (exact) mass is 211 g/mol. The van der Waals surface area contributed by atoms with Gasteiger partial charge in [-0.1, -0.05) is 43.4 Å². The Morgan fingerprint density at radius 1 is 1.54 bits per heavy atom. The lowest BCUT2D eigenvalue weighted by atomic mass is 10.3. The van der Waals surface area contributed by atoms with E-state index in [1.165, 1.54) is 12.8 Å². The molecule has 0 N–H and O–H groups in total. The minimum absolute atomic E-state index is 1.00. The van der Waals surface area contributed by atoms with Gasteiger partial charge in [-0.05, 0) is 25.0 Å². The van der Waals surface area contributed by atoms with E-state index in [9.17, 15) is 0 Å². The van der Waals surface area contributed by atoms with Crippen molar-refractivity contribution in [1.29, 1.82) is 0 Å². The number of aromatic nitrogens is 1. The van der Waals surface area contributed by atoms with E-state index in [2.05, 4.69) is 11.9 Å². The van der Waals surface area contributed by atoms with Crippen LogP contribution in [0.25, 0.3) is 0 Å². The first kappa shape index (κ1) is 10.7. The summed E-state index contributed by atoms with van der Waals surface area (Å²) in [6, 6.07) is 5.89. The highest BCUT2D eigenvalue weighted by molar-refractivity contribution is 8.23. The van der Waals surface area contributed by atoms with Crippen LogP contribution < -0.4 is 0 Å². The molecule has 0 aliphatic carbocycles. The quantitative estimate of drug-likeness (QED) is 0.557. The predicted octanol–water partition coefficient (Wildman–Crippen LogP) is 3.69. The van der Waals surface area contributed by atoms with Gasteiger partial charge in [0.25, 0.3) is 0 Å². The first-order valence-electron chi connectivity index (χ1n) is 4.44. The molecule has 1 aromatic heterocycles. The van der Waals surface area contributed by atoms with E-state index >= 15 is 0 Å². The van der Waals surface area contributed by atoms with E-state index in [1.54, 1.807) is 18.0 Å². The van der Waals surface area contributed by atoms with E-state index in [1.807, 2.05) is 18.2 Å². The van der Waals surface area contributed by atoms with Gasteiger partial charge in [0, 0.05) is 6.20 Å². The number of unbranched alkanes of at least 4 members (excludes halogenated alkanes) is 1. The van der Waals surface area contributed by atoms with Crippen LogP contribution in [0.2, 0.25) is 0 Å². The van der Waals surface area contributed by atoms with E-state index in [0.717, 1.165) is 15.6 Å². The second kappa shape index (κ2) is 6.11. The van der Waals surface area contributed by atoms with Crippen LogP contribution in [-0.2, 0) is 0 Å². The Kier molecular flexibility index (Phi) is 5.01. The largest absolute Gasteiger partial charge is 0.250 e. The van der Waals surface area contributed by atoms with Gasteiger partial charge in [0.15, 0.2) is 0 Å². The van der Waals surface area contributed by atoms with Gasteiger partial charge in [0.1, 0.15) is 5.03 Å². The average Bonchev–Trinajstić information content (AvgIpc) is 2.16. The second-order valence-corrected chi connectivity index (χ2v) is 4.61. The molecule has 0 atom stereocenters. The maximum absolute atomic E-state index is 5.22. The molecule has 0 amide bonds. The Morgan fingerprint density at radius 2 is 2.38 bits per heavy atom. The summed E-state index contributed by atoms with van der Waals surface area (Å²) in [4.78, 5) is 4.20. The lowest BCUT2D eigenvalue weighted by Gasteiger charge is -2.00. The summed E-state index contributed by atoms with van der Waals surface area (Å²) >= 11 is 6.83. The van der Waals surface area contributed by atoms with Gasteiger partial charge in [-0.3, -0.25) is 0 Å². The number of hydrogen-bond donors (Lipinski definition) is 0. The maximum atomic E-state index is 5.22. The third-order valence-corrected chi connectivity index (χ3v) is 2.93. The average molecular weight is 211 g/mol. The van der Waals surface area contributed by atoms with Crippen LogP contribution in [0.3, 0.4) is 0 Å². The van der Waals surface area contributed by atoms with Crippen LogP contribution in [0, 0.1) is 0 Å². The van der Waals surface area contributed by atoms with Crippen LogP contribution >= 0.6 is 24.0 Å². The molecule has 70 valence electrons. The van der Waals surface area contributed by atoms with Gasteiger partial charge < -0.3 is 0 Å². The molecule has 0 aliphatic heterocycles. The summed E-state index contributed by atoms with van der Waals surface area (Å²) in [6.07, 6.45) is 5.19. The number of thiocarbonyl (C=S) groups is 1. The lowest BCUT2D eigenvalue weighted by molar-refractivity contribution is 0.845. The fourth-order valence-corrected chi connectivity index (χ4v) is 2.04. The van der Waals surface area contributed by atoms with Crippen molar-refractivity contribution in [3.05, 3.63) is 24.4 Å². The van der Waals surface area contributed by atoms with Crippen molar-refractivity contribution in [3.63, 3.8) is 0 Å². The molecule has 1 heterocycles. The molecule has 0 unspecified atom stereocenters. The zero-order valence-corrected chi connectivity index (χ0v) is 9.33. The van der Waals surface area contributed by atoms with E-state index in [-0.39, 0.29) is 0 Å². The highest BCUT2D eigenvalue weighted by Gasteiger charge is 1.99. The standard InChI is InChI=1S/C10H13NS2/c1-2-3-7-10(12)13-9-6-4-5-8-11-9/h4-6,8H,2-3,7H2,1H3. The van der Waals surface area contributed by atoms with Gasteiger partial charge in [-0.15, -0.1) is 0 Å². The zero-order valence-electron chi connectivity index (χ0n) is 7.69. The van der Waals surface area contributed by atoms with Crippen molar-refractivity contribution in [1.82, 2.24) is 4.98 Å². The van der Waals surface area contributed by atoms with Crippen LogP contribution in [0.15, 0.2) is 29.4 Å². The SMILES string of the molecule is CCCCC(=S)Sc1ccccn1. The Hall–Kier alpha value is -0.410. The lowest BCUT2D eigenvalue weighted by Crippen LogP contribution is -1.88. The third kappa shape index (κ3) is 4.39. The van der Waals surface area contributed by atoms with Gasteiger partial charge >= 0.3 is 0 Å². The van der Waals surface area contributed by atoms with Crippen LogP contribution in [0.4, 0.5) is 0 Å². The smallest absolute Gasteiger partial charge is 0.101 e. The molecule has 13 heavy (non-hydrogen) atoms. The summed E-state index contributed by atoms with van der Waals surface area (Å²) in [5, 5.41) is 1.00. The van der Waals surface area contributed by atoms with Crippen LogP contribution in [0.5, 0.6) is 0 Å². The number of thioether (sulfide) groups is 1. The van der Waals surface area contributed by atoms with Crippen molar-refractivity contribution < 1.29 is 0 Å². The highest BCUT2D eigenvalue weighted by atomic mass is 32.2. The fourth-order valence-electron chi connectivity index (χ4n) is 0.896. The summed E-state index contributed by atoms with van der Waals surface area (Å²) in [7, 11) is 0. The van der Waals surface area contributed by atoms with Crippen molar-refractivity contribution in [2.24, 2.45) is 0 Å². The highest BCUT2D eigenvalue weighted by Crippen LogP contribution is 2.19. The number of hydrogen-bond acceptors (Lipinski definition) is 3. The Morgan fingerprint density at radius 3 is 3.00 bits per heavy atom. The Balaban J connectivity index is 2.37. The molecule has 0 fully saturated rings. The number of pyridine rings is 1. The number of rotatable bonds is 4. The number of nitrogens with zero attached hydrogens (tertiary/aromatic N) is 1. The van der Waals surface area contributed by atoms with Crippen LogP contribution in [0.1, 0.15) is 26.2 Å². The molecule has 0 saturated heterocycles. The summed E-state index contributed by atoms with van der Waals surface area (Å²) in [5.74, 6) is 0. The Bertz CT molecular complexity index is 259. The van der Waals surface area contributed by atoms with Gasteiger partial charge in [0.05, 0.1) is 4.20 Å². The molecule has 0 aromatic carbocycles. The molecule has 0 bridgehead atoms. The van der Waals surface area contributed by atoms with E-state index in [0.29, 0.717) is 0 Å². The first-order valence-corrected chi connectivity index (χ1v) is 5.67. The minimum Gasteiger partial charge on any atom is -0.250 e. The first-order chi connectivity index (χ1) is 6.33. The summed E-state index contributed by atoms with van der Waals surface area (Å²) < 4.78 is 1.04. The van der Waals surface area contributed by atoms with Gasteiger partial charge in [-0.25, -0.2) is 4.98 Å². The van der Waals surface area contributed by atoms with E-state index < -0.39 is 0 Å². The molecule has 0 saturated carbocycles. The topological polar surface area (TPSA) is 12.9 Å². The molecule has 0 spiro atoms. The predicted molar refractivity (Wildman–Crippen MR) is 62.2 cm³/mol. The molecular weight excluding hydrogens is 198 g/mol. The maximum Gasteiger partial charge on any atom is 0.101 e. The van der Waals surface area contributed by atoms with Gasteiger partial charge in [0.2, 0.25) is 0 Å². The van der Waals surface area contributed by atoms with E-state index in [4.69, 9.17) is 12.2 Å². The molecule has 1 nitrogen and oxygen atoms in total. The third-order valence-electron chi connectivity index (χ3n) is 1.59. The molecule has 3 heteroatoms. The minimum atomic E-state index is 1.00. The van der Waals surface area contributed by atoms with Crippen molar-refractivity contribution in [2.75, 3.05) is 0 Å². The second-order valence-electron chi connectivity index (χ2n) is 2.75. The fraction of sp³-hybridized carbons (Fsp3) is 0.400. The molecule has 0 radical (unpaired) electrons. The Labute approximate surface area is 89.0 Å². The normalized spacial score (nSPS) is 9.92. The van der Waals surface area contributed by atoms with Crippen molar-refractivity contribution in [3.8, 4) is 0 Å². The summed E-state index contributed by atoms with van der Waals surface area (Å²) in [5.41, 5.74) is 0. The zero-order chi connectivity index (χ0) is 9.52.